The first-order valence-corrected chi connectivity index (χ1v) is 2.58. The Balaban J connectivity index is 2.68. The highest BCUT2D eigenvalue weighted by Gasteiger charge is 2.16. The predicted molar refractivity (Wildman–Crippen MR) is 28.4 cm³/mol. The molecule has 6 heteroatoms. The molecule has 0 spiro atoms. The molecule has 56 valence electrons. The van der Waals surface area contributed by atoms with Crippen molar-refractivity contribution in [3.63, 3.8) is 0 Å². The number of halogens is 1. The van der Waals surface area contributed by atoms with Crippen LogP contribution in [0.3, 0.4) is 0 Å². The summed E-state index contributed by atoms with van der Waals surface area (Å²) in [7, 11) is 0. The first-order valence-electron chi connectivity index (χ1n) is 2.58. The second-order valence-electron chi connectivity index (χ2n) is 1.67. The van der Waals surface area contributed by atoms with E-state index in [0.29, 0.717) is 4.68 Å². The average Bonchev–Trinajstić information content (AvgIpc) is 2.36. The maximum absolute atomic E-state index is 12.5. The summed E-state index contributed by atoms with van der Waals surface area (Å²) in [6.45, 7) is 0. The fourth-order valence-corrected chi connectivity index (χ4v) is 0.486. The van der Waals surface area contributed by atoms with Crippen LogP contribution in [0, 0.1) is 0 Å². The van der Waals surface area contributed by atoms with Crippen molar-refractivity contribution < 1.29 is 14.6 Å². The number of nitrogens with zero attached hydrogens (tertiary/aromatic N) is 3. The Kier molecular flexibility index (Phi) is 1.93. The van der Waals surface area contributed by atoms with Gasteiger partial charge < -0.3 is 10.2 Å². The first kappa shape index (κ1) is 7.10. The van der Waals surface area contributed by atoms with Gasteiger partial charge in [-0.3, -0.25) is 0 Å². The van der Waals surface area contributed by atoms with E-state index in [1.54, 1.807) is 0 Å². The third kappa shape index (κ3) is 1.28. The van der Waals surface area contributed by atoms with Crippen LogP contribution in [0.2, 0.25) is 0 Å². The van der Waals surface area contributed by atoms with Crippen LogP contribution >= 0.6 is 0 Å². The van der Waals surface area contributed by atoms with Crippen LogP contribution < -0.4 is 0 Å². The molecule has 2 N–H and O–H groups in total. The van der Waals surface area contributed by atoms with Gasteiger partial charge in [-0.05, 0) is 0 Å². The Bertz CT molecular complexity index is 188. The van der Waals surface area contributed by atoms with Crippen LogP contribution in [-0.2, 0) is 0 Å². The van der Waals surface area contributed by atoms with Crippen LogP contribution in [0.25, 0.3) is 0 Å². The molecule has 0 aliphatic carbocycles. The maximum Gasteiger partial charge on any atom is 0.243 e. The van der Waals surface area contributed by atoms with E-state index in [-0.39, 0.29) is 0 Å². The van der Waals surface area contributed by atoms with Gasteiger partial charge in [0.25, 0.3) is 0 Å². The highest BCUT2D eigenvalue weighted by molar-refractivity contribution is 4.67. The summed E-state index contributed by atoms with van der Waals surface area (Å²) in [5, 5.41) is 23.1. The van der Waals surface area contributed by atoms with Crippen LogP contribution in [0.15, 0.2) is 12.4 Å². The van der Waals surface area contributed by atoms with Crippen molar-refractivity contribution in [2.24, 2.45) is 0 Å². The summed E-state index contributed by atoms with van der Waals surface area (Å²) in [6.07, 6.45) is -1.55. The molecule has 1 heterocycles. The van der Waals surface area contributed by atoms with Gasteiger partial charge in [0, 0.05) is 6.20 Å². The Morgan fingerprint density at radius 1 is 1.50 bits per heavy atom. The molecule has 5 nitrogen and oxygen atoms in total. The van der Waals surface area contributed by atoms with Crippen molar-refractivity contribution in [3.05, 3.63) is 12.4 Å². The van der Waals surface area contributed by atoms with Crippen molar-refractivity contribution in [1.29, 1.82) is 0 Å². The molecule has 10 heavy (non-hydrogen) atoms. The summed E-state index contributed by atoms with van der Waals surface area (Å²) >= 11 is 0. The molecule has 0 saturated heterocycles. The van der Waals surface area contributed by atoms with E-state index in [0.717, 1.165) is 0 Å². The van der Waals surface area contributed by atoms with E-state index in [2.05, 4.69) is 10.3 Å². The smallest absolute Gasteiger partial charge is 0.243 e. The monoisotopic (exact) mass is 147 g/mol. The second kappa shape index (κ2) is 2.72. The van der Waals surface area contributed by atoms with Gasteiger partial charge in [0.1, 0.15) is 0 Å². The fraction of sp³-hybridized carbons (Fsp3) is 0.500. The first-order chi connectivity index (χ1) is 4.72. The lowest BCUT2D eigenvalue weighted by Crippen LogP contribution is -2.20. The molecule has 0 radical (unpaired) electrons. The van der Waals surface area contributed by atoms with E-state index in [4.69, 9.17) is 10.2 Å². The highest BCUT2D eigenvalue weighted by Crippen LogP contribution is 2.07. The van der Waals surface area contributed by atoms with Crippen LogP contribution in [0.4, 0.5) is 4.39 Å². The third-order valence-corrected chi connectivity index (χ3v) is 0.940. The van der Waals surface area contributed by atoms with Crippen molar-refractivity contribution in [2.75, 3.05) is 0 Å². The topological polar surface area (TPSA) is 71.2 Å². The molecule has 0 aliphatic heterocycles. The molecular formula is C4H6FN3O2. The lowest BCUT2D eigenvalue weighted by atomic mass is 10.6. The second-order valence-corrected chi connectivity index (χ2v) is 1.67. The van der Waals surface area contributed by atoms with E-state index >= 15 is 0 Å². The average molecular weight is 147 g/mol. The number of aliphatic hydroxyl groups excluding tert-OH is 1. The molecule has 1 atom stereocenters. The Labute approximate surface area is 55.7 Å². The molecule has 1 aromatic rings. The molecule has 1 rings (SSSR count). The van der Waals surface area contributed by atoms with Crippen molar-refractivity contribution in [3.8, 4) is 0 Å². The van der Waals surface area contributed by atoms with Crippen molar-refractivity contribution in [1.82, 2.24) is 15.0 Å². The number of alkyl halides is 1. The maximum atomic E-state index is 12.5. The molecule has 0 bridgehead atoms. The molecule has 1 unspecified atom stereocenters. The summed E-state index contributed by atoms with van der Waals surface area (Å²) in [5.41, 5.74) is 0. The molecule has 0 saturated carbocycles. The van der Waals surface area contributed by atoms with Crippen LogP contribution in [-0.4, -0.2) is 31.5 Å². The van der Waals surface area contributed by atoms with Crippen LogP contribution in [0.5, 0.6) is 0 Å². The molecule has 0 amide bonds. The number of aliphatic hydroxyl groups is 2. The molecule has 0 aromatic carbocycles. The minimum absolute atomic E-state index is 0.713. The van der Waals surface area contributed by atoms with Gasteiger partial charge in [0.15, 0.2) is 0 Å². The van der Waals surface area contributed by atoms with Crippen molar-refractivity contribution in [2.45, 2.75) is 12.6 Å². The predicted octanol–water partition coefficient (Wildman–Crippen LogP) is -0.943. The lowest BCUT2D eigenvalue weighted by Gasteiger charge is -2.07. The molecule has 0 fully saturated rings. The van der Waals surface area contributed by atoms with Gasteiger partial charge in [-0.1, -0.05) is 5.21 Å². The normalized spacial score (nSPS) is 14.0. The third-order valence-electron chi connectivity index (χ3n) is 0.940. The van der Waals surface area contributed by atoms with Gasteiger partial charge >= 0.3 is 0 Å². The minimum Gasteiger partial charge on any atom is -0.364 e. The zero-order valence-electron chi connectivity index (χ0n) is 4.92. The Morgan fingerprint density at radius 2 is 2.20 bits per heavy atom. The highest BCUT2D eigenvalue weighted by atomic mass is 19.1. The summed E-state index contributed by atoms with van der Waals surface area (Å²) < 4.78 is 13.2. The van der Waals surface area contributed by atoms with Gasteiger partial charge in [-0.15, -0.1) is 5.10 Å². The van der Waals surface area contributed by atoms with Gasteiger partial charge in [0.05, 0.1) is 6.20 Å². The van der Waals surface area contributed by atoms with E-state index < -0.39 is 12.6 Å². The Hall–Kier alpha value is -1.01. The quantitative estimate of drug-likeness (QED) is 0.529. The molecule has 1 aromatic heterocycles. The van der Waals surface area contributed by atoms with Gasteiger partial charge in [-0.25, -0.2) is 9.07 Å². The lowest BCUT2D eigenvalue weighted by molar-refractivity contribution is -0.123. The molecular weight excluding hydrogens is 141 g/mol. The van der Waals surface area contributed by atoms with E-state index in [1.807, 2.05) is 0 Å². The standard InChI is InChI=1S/C4H6FN3O2/c5-3(4(9)10)8-2-1-6-7-8/h1-4,9-10H. The number of hydrogen-bond donors (Lipinski definition) is 2. The van der Waals surface area contributed by atoms with E-state index in [9.17, 15) is 4.39 Å². The molecule has 0 aliphatic rings. The van der Waals surface area contributed by atoms with Crippen LogP contribution in [0.1, 0.15) is 6.30 Å². The van der Waals surface area contributed by atoms with E-state index in [1.165, 1.54) is 12.4 Å². The van der Waals surface area contributed by atoms with Crippen molar-refractivity contribution >= 4 is 0 Å². The summed E-state index contributed by atoms with van der Waals surface area (Å²) in [4.78, 5) is 0. The SMILES string of the molecule is OC(O)C(F)n1ccnn1. The largest absolute Gasteiger partial charge is 0.364 e. The fourth-order valence-electron chi connectivity index (χ4n) is 0.486. The number of hydrogen-bond acceptors (Lipinski definition) is 4. The Morgan fingerprint density at radius 3 is 2.60 bits per heavy atom. The minimum atomic E-state index is -2.05. The zero-order valence-corrected chi connectivity index (χ0v) is 4.92. The number of aromatic nitrogens is 3. The summed E-state index contributed by atoms with van der Waals surface area (Å²) in [6, 6.07) is 0. The van der Waals surface area contributed by atoms with Gasteiger partial charge in [0.2, 0.25) is 12.6 Å². The number of rotatable bonds is 2. The summed E-state index contributed by atoms with van der Waals surface area (Å²) in [5.74, 6) is 0. The van der Waals surface area contributed by atoms with Gasteiger partial charge in [-0.2, -0.15) is 0 Å². The zero-order chi connectivity index (χ0) is 7.56.